The minimum Gasteiger partial charge on any atom is -1.00 e. The van der Waals surface area contributed by atoms with Crippen LogP contribution in [-0.2, 0) is 26.2 Å². The molecule has 0 fully saturated rings. The van der Waals surface area contributed by atoms with Crippen LogP contribution in [0.5, 0.6) is 0 Å². The SMILES string of the molecule is C=CC1C=C2C=C(C)C=C2S1.[Cl-].[Cl-].[Zr+2]. The zero-order valence-electron chi connectivity index (χ0n) is 7.76. The average molecular weight is 324 g/mol. The van der Waals surface area contributed by atoms with Gasteiger partial charge in [-0.05, 0) is 24.1 Å². The number of rotatable bonds is 1. The molecule has 0 radical (unpaired) electrons. The normalized spacial score (nSPS) is 21.5. The van der Waals surface area contributed by atoms with Crippen molar-refractivity contribution >= 4 is 11.8 Å². The molecule has 1 unspecified atom stereocenters. The zero-order valence-corrected chi connectivity index (χ0v) is 12.5. The molecule has 0 saturated heterocycles. The summed E-state index contributed by atoms with van der Waals surface area (Å²) in [6, 6.07) is 0. The molecular weight excluding hydrogens is 314 g/mol. The molecule has 2 rings (SSSR count). The third-order valence-electron chi connectivity index (χ3n) is 1.87. The second-order valence-electron chi connectivity index (χ2n) is 2.84. The van der Waals surface area contributed by atoms with E-state index in [1.807, 2.05) is 17.8 Å². The molecule has 1 aliphatic carbocycles. The summed E-state index contributed by atoms with van der Waals surface area (Å²) >= 11 is 1.88. The van der Waals surface area contributed by atoms with Crippen molar-refractivity contribution in [3.05, 3.63) is 46.9 Å². The zero-order chi connectivity index (χ0) is 7.84. The summed E-state index contributed by atoms with van der Waals surface area (Å²) < 4.78 is 0. The van der Waals surface area contributed by atoms with E-state index in [1.165, 1.54) is 16.1 Å². The van der Waals surface area contributed by atoms with Gasteiger partial charge in [0.05, 0.1) is 0 Å². The molecule has 0 N–H and O–H groups in total. The summed E-state index contributed by atoms with van der Waals surface area (Å²) in [5.41, 5.74) is 2.75. The largest absolute Gasteiger partial charge is 2.00 e. The predicted octanol–water partition coefficient (Wildman–Crippen LogP) is -2.94. The maximum absolute atomic E-state index is 3.78. The molecule has 1 heterocycles. The van der Waals surface area contributed by atoms with Crippen LogP contribution in [0.4, 0.5) is 0 Å². The molecule has 0 saturated carbocycles. The molecule has 0 aromatic rings. The Morgan fingerprint density at radius 1 is 1.36 bits per heavy atom. The predicted molar refractivity (Wildman–Crippen MR) is 51.5 cm³/mol. The minimum atomic E-state index is 0. The van der Waals surface area contributed by atoms with E-state index in [4.69, 9.17) is 0 Å². The van der Waals surface area contributed by atoms with E-state index < -0.39 is 0 Å². The van der Waals surface area contributed by atoms with Gasteiger partial charge in [-0.2, -0.15) is 0 Å². The summed E-state index contributed by atoms with van der Waals surface area (Å²) in [6.45, 7) is 5.91. The topological polar surface area (TPSA) is 0 Å². The van der Waals surface area contributed by atoms with Crippen LogP contribution in [-0.4, -0.2) is 5.25 Å². The molecule has 0 amide bonds. The Bertz CT molecular complexity index is 305. The molecule has 0 spiro atoms. The van der Waals surface area contributed by atoms with Gasteiger partial charge in [0.25, 0.3) is 0 Å². The smallest absolute Gasteiger partial charge is 1.00 e. The Morgan fingerprint density at radius 3 is 2.50 bits per heavy atom. The summed E-state index contributed by atoms with van der Waals surface area (Å²) in [5, 5.41) is 0.501. The van der Waals surface area contributed by atoms with Crippen LogP contribution in [0.25, 0.3) is 0 Å². The van der Waals surface area contributed by atoms with Crippen LogP contribution < -0.4 is 24.8 Å². The molecule has 0 bridgehead atoms. The van der Waals surface area contributed by atoms with E-state index in [2.05, 4.69) is 31.7 Å². The van der Waals surface area contributed by atoms with Crippen molar-refractivity contribution in [1.82, 2.24) is 0 Å². The first-order valence-corrected chi connectivity index (χ1v) is 4.59. The second kappa shape index (κ2) is 7.11. The summed E-state index contributed by atoms with van der Waals surface area (Å²) in [7, 11) is 0. The molecule has 1 aliphatic heterocycles. The van der Waals surface area contributed by atoms with Gasteiger partial charge in [0.15, 0.2) is 0 Å². The van der Waals surface area contributed by atoms with E-state index in [0.717, 1.165) is 0 Å². The van der Waals surface area contributed by atoms with Crippen molar-refractivity contribution in [2.24, 2.45) is 0 Å². The van der Waals surface area contributed by atoms with E-state index in [1.54, 1.807) is 0 Å². The molecule has 14 heavy (non-hydrogen) atoms. The standard InChI is InChI=1S/C10H10S.2ClH.Zr/c1-3-9-6-8-4-7(2)5-10(8)11-9;;;/h3-6,9H,1H2,2H3;2*1H;/q;;;+2/p-2. The van der Waals surface area contributed by atoms with Crippen LogP contribution in [0.2, 0.25) is 0 Å². The van der Waals surface area contributed by atoms with Crippen LogP contribution >= 0.6 is 11.8 Å². The van der Waals surface area contributed by atoms with Crippen molar-refractivity contribution in [2.45, 2.75) is 12.2 Å². The number of thioether (sulfide) groups is 1. The molecule has 0 nitrogen and oxygen atoms in total. The number of halogens is 2. The molecule has 4 heteroatoms. The Kier molecular flexibility index (Phi) is 8.73. The summed E-state index contributed by atoms with van der Waals surface area (Å²) in [6.07, 6.45) is 8.71. The van der Waals surface area contributed by atoms with Crippen molar-refractivity contribution < 1.29 is 51.0 Å². The van der Waals surface area contributed by atoms with Gasteiger partial charge in [-0.1, -0.05) is 18.2 Å². The third kappa shape index (κ3) is 3.41. The summed E-state index contributed by atoms with van der Waals surface area (Å²) in [5.74, 6) is 0. The monoisotopic (exact) mass is 322 g/mol. The van der Waals surface area contributed by atoms with E-state index in [9.17, 15) is 0 Å². The van der Waals surface area contributed by atoms with Crippen LogP contribution in [0.3, 0.4) is 0 Å². The van der Waals surface area contributed by atoms with Gasteiger partial charge in [0.2, 0.25) is 0 Å². The number of allylic oxidation sites excluding steroid dienone is 4. The Balaban J connectivity index is 0. The fourth-order valence-electron chi connectivity index (χ4n) is 1.35. The number of fused-ring (bicyclic) bond motifs is 1. The molecule has 2 aliphatic rings. The van der Waals surface area contributed by atoms with E-state index >= 15 is 0 Å². The second-order valence-corrected chi connectivity index (χ2v) is 4.06. The van der Waals surface area contributed by atoms with Gasteiger partial charge >= 0.3 is 26.2 Å². The van der Waals surface area contributed by atoms with E-state index in [0.29, 0.717) is 5.25 Å². The minimum absolute atomic E-state index is 0. The first kappa shape index (κ1) is 17.2. The molecule has 74 valence electrons. The Hall–Kier alpha value is 0.773. The number of hydrogen-bond acceptors (Lipinski definition) is 1. The van der Waals surface area contributed by atoms with Gasteiger partial charge in [0.1, 0.15) is 0 Å². The maximum Gasteiger partial charge on any atom is 2.00 e. The van der Waals surface area contributed by atoms with Crippen LogP contribution in [0.1, 0.15) is 6.92 Å². The van der Waals surface area contributed by atoms with Crippen molar-refractivity contribution in [1.29, 1.82) is 0 Å². The molecular formula is C10H10Cl2SZr. The fourth-order valence-corrected chi connectivity index (χ4v) is 2.48. The van der Waals surface area contributed by atoms with Gasteiger partial charge in [-0.25, -0.2) is 0 Å². The van der Waals surface area contributed by atoms with Crippen molar-refractivity contribution in [3.63, 3.8) is 0 Å². The van der Waals surface area contributed by atoms with Gasteiger partial charge in [0, 0.05) is 10.2 Å². The Labute approximate surface area is 121 Å². The first-order chi connectivity index (χ1) is 5.29. The van der Waals surface area contributed by atoms with Gasteiger partial charge in [-0.3, -0.25) is 0 Å². The fraction of sp³-hybridized carbons (Fsp3) is 0.200. The Morgan fingerprint density at radius 2 is 2.00 bits per heavy atom. The molecule has 1 atom stereocenters. The number of hydrogen-bond donors (Lipinski definition) is 0. The molecule has 0 aromatic heterocycles. The molecule has 0 aromatic carbocycles. The van der Waals surface area contributed by atoms with Crippen molar-refractivity contribution in [2.75, 3.05) is 0 Å². The van der Waals surface area contributed by atoms with Crippen LogP contribution in [0.15, 0.2) is 46.9 Å². The van der Waals surface area contributed by atoms with Crippen LogP contribution in [0, 0.1) is 0 Å². The van der Waals surface area contributed by atoms with E-state index in [-0.39, 0.29) is 51.0 Å². The maximum atomic E-state index is 3.78. The average Bonchev–Trinajstić information content (AvgIpc) is 2.43. The van der Waals surface area contributed by atoms with Gasteiger partial charge < -0.3 is 24.8 Å². The first-order valence-electron chi connectivity index (χ1n) is 3.71. The van der Waals surface area contributed by atoms with Crippen molar-refractivity contribution in [3.8, 4) is 0 Å². The summed E-state index contributed by atoms with van der Waals surface area (Å²) in [4.78, 5) is 1.41. The quantitative estimate of drug-likeness (QED) is 0.465. The van der Waals surface area contributed by atoms with Gasteiger partial charge in [-0.15, -0.1) is 18.3 Å². The third-order valence-corrected chi connectivity index (χ3v) is 3.07.